The van der Waals surface area contributed by atoms with Crippen LogP contribution in [0.4, 0.5) is 0 Å². The molecule has 0 spiro atoms. The summed E-state index contributed by atoms with van der Waals surface area (Å²) >= 11 is -1.21. The van der Waals surface area contributed by atoms with Crippen molar-refractivity contribution >= 4 is 17.0 Å². The van der Waals surface area contributed by atoms with Gasteiger partial charge in [0.25, 0.3) is 0 Å². The predicted molar refractivity (Wildman–Crippen MR) is 127 cm³/mol. The smallest absolute Gasteiger partial charge is 0.165 e. The van der Waals surface area contributed by atoms with Crippen LogP contribution in [0.15, 0.2) is 63.6 Å². The van der Waals surface area contributed by atoms with Gasteiger partial charge in [-0.05, 0) is 85.0 Å². The molecule has 0 heterocycles. The second-order valence-corrected chi connectivity index (χ2v) is 12.3. The average Bonchev–Trinajstić information content (AvgIpc) is 3.09. The van der Waals surface area contributed by atoms with E-state index in [1.165, 1.54) is 11.1 Å². The Labute approximate surface area is 194 Å². The van der Waals surface area contributed by atoms with Crippen LogP contribution in [0.5, 0.6) is 0 Å². The molecular formula is C28H34O3S. The van der Waals surface area contributed by atoms with Gasteiger partial charge in [-0.1, -0.05) is 50.3 Å². The monoisotopic (exact) mass is 450 g/mol. The van der Waals surface area contributed by atoms with E-state index >= 15 is 0 Å². The standard InChI is InChI=1S/C28H34O3S/c1-18-15-22-23-10-9-19(12-14-32(31)21-7-5-4-6-8-21)28(23,3)17-25(30)26(22)27(2)13-11-20(29)16-24(18)27/h4-8,14,16,18,22-23,25-26,30H,9-11,13,15,17H2,1-3H3/t12?,18-,22-,23-,25-,26+,27-,28+,32?/m0/s1. The first kappa shape index (κ1) is 22.2. The van der Waals surface area contributed by atoms with E-state index in [1.54, 1.807) is 5.41 Å². The molecule has 4 aliphatic rings. The van der Waals surface area contributed by atoms with Crippen LogP contribution >= 0.6 is 0 Å². The lowest BCUT2D eigenvalue weighted by Crippen LogP contribution is -2.57. The van der Waals surface area contributed by atoms with Gasteiger partial charge in [0.05, 0.1) is 6.10 Å². The fraction of sp³-hybridized carbons (Fsp3) is 0.571. The maximum absolute atomic E-state index is 12.7. The minimum atomic E-state index is -1.21. The van der Waals surface area contributed by atoms with Crippen molar-refractivity contribution in [2.24, 2.45) is 34.5 Å². The van der Waals surface area contributed by atoms with E-state index in [0.29, 0.717) is 24.2 Å². The fourth-order valence-corrected chi connectivity index (χ4v) is 8.73. The largest absolute Gasteiger partial charge is 0.606 e. The molecule has 0 amide bonds. The van der Waals surface area contributed by atoms with E-state index in [2.05, 4.69) is 26.5 Å². The van der Waals surface area contributed by atoms with Gasteiger partial charge in [-0.15, -0.1) is 0 Å². The lowest BCUT2D eigenvalue weighted by molar-refractivity contribution is -0.128. The van der Waals surface area contributed by atoms with Crippen LogP contribution in [0.1, 0.15) is 59.3 Å². The Hall–Kier alpha value is -1.58. The minimum Gasteiger partial charge on any atom is -0.606 e. The van der Waals surface area contributed by atoms with Crippen LogP contribution in [-0.2, 0) is 16.0 Å². The van der Waals surface area contributed by atoms with Gasteiger partial charge in [-0.3, -0.25) is 4.79 Å². The predicted octanol–water partition coefficient (Wildman–Crippen LogP) is 5.58. The van der Waals surface area contributed by atoms with Gasteiger partial charge in [0, 0.05) is 23.0 Å². The summed E-state index contributed by atoms with van der Waals surface area (Å²) in [4.78, 5) is 13.0. The van der Waals surface area contributed by atoms with E-state index < -0.39 is 11.2 Å². The summed E-state index contributed by atoms with van der Waals surface area (Å²) in [5, 5.41) is 13.2. The second-order valence-electron chi connectivity index (χ2n) is 11.0. The summed E-state index contributed by atoms with van der Waals surface area (Å²) in [5.41, 5.74) is 5.78. The highest BCUT2D eigenvalue weighted by molar-refractivity contribution is 7.94. The van der Waals surface area contributed by atoms with Crippen molar-refractivity contribution in [1.29, 1.82) is 0 Å². The molecule has 8 atom stereocenters. The molecule has 1 aromatic rings. The van der Waals surface area contributed by atoms with Crippen molar-refractivity contribution in [1.82, 2.24) is 0 Å². The summed E-state index contributed by atoms with van der Waals surface area (Å²) in [6, 6.07) is 9.52. The van der Waals surface area contributed by atoms with Gasteiger partial charge >= 0.3 is 0 Å². The first-order valence-corrected chi connectivity index (χ1v) is 13.3. The zero-order chi connectivity index (χ0) is 22.7. The Morgan fingerprint density at radius 1 is 1.19 bits per heavy atom. The van der Waals surface area contributed by atoms with Gasteiger partial charge < -0.3 is 9.66 Å². The van der Waals surface area contributed by atoms with Crippen molar-refractivity contribution in [2.45, 2.75) is 70.3 Å². The maximum atomic E-state index is 12.7. The van der Waals surface area contributed by atoms with Crippen LogP contribution in [0.25, 0.3) is 0 Å². The third-order valence-electron chi connectivity index (χ3n) is 9.31. The summed E-state index contributed by atoms with van der Waals surface area (Å²) < 4.78 is 12.7. The third kappa shape index (κ3) is 3.39. The van der Waals surface area contributed by atoms with Crippen LogP contribution in [0, 0.1) is 34.5 Å². The molecule has 170 valence electrons. The molecule has 1 N–H and O–H groups in total. The van der Waals surface area contributed by atoms with Crippen LogP contribution in [0.2, 0.25) is 0 Å². The Kier molecular flexibility index (Phi) is 5.57. The summed E-state index contributed by atoms with van der Waals surface area (Å²) in [6.07, 6.45) is 6.84. The molecule has 0 aliphatic heterocycles. The highest BCUT2D eigenvalue weighted by Crippen LogP contribution is 2.67. The molecule has 4 heteroatoms. The van der Waals surface area contributed by atoms with Crippen molar-refractivity contribution in [3.63, 3.8) is 0 Å². The van der Waals surface area contributed by atoms with Crippen molar-refractivity contribution in [3.8, 4) is 0 Å². The molecule has 32 heavy (non-hydrogen) atoms. The normalized spacial score (nSPS) is 41.7. The minimum absolute atomic E-state index is 0.0753. The van der Waals surface area contributed by atoms with Crippen molar-refractivity contribution in [3.05, 3.63) is 58.7 Å². The van der Waals surface area contributed by atoms with Gasteiger partial charge in [-0.2, -0.15) is 0 Å². The molecule has 0 bridgehead atoms. The summed E-state index contributed by atoms with van der Waals surface area (Å²) in [5.74, 6) is 1.82. The van der Waals surface area contributed by atoms with Crippen molar-refractivity contribution < 1.29 is 14.5 Å². The zero-order valence-corrected chi connectivity index (χ0v) is 20.2. The van der Waals surface area contributed by atoms with E-state index in [1.807, 2.05) is 36.4 Å². The van der Waals surface area contributed by atoms with E-state index in [-0.39, 0.29) is 28.6 Å². The van der Waals surface area contributed by atoms with Crippen LogP contribution in [-0.4, -0.2) is 21.5 Å². The molecule has 0 radical (unpaired) electrons. The molecule has 1 unspecified atom stereocenters. The lowest BCUT2D eigenvalue weighted by Gasteiger charge is -2.60. The van der Waals surface area contributed by atoms with E-state index in [4.69, 9.17) is 0 Å². The lowest BCUT2D eigenvalue weighted by atomic mass is 9.45. The molecule has 3 nitrogen and oxygen atoms in total. The second kappa shape index (κ2) is 8.02. The Bertz CT molecular complexity index is 1010. The first-order valence-electron chi connectivity index (χ1n) is 12.1. The van der Waals surface area contributed by atoms with Gasteiger partial charge in [0.1, 0.15) is 0 Å². The molecule has 4 aliphatic carbocycles. The number of allylic oxidation sites excluding steroid dienone is 2. The topological polar surface area (TPSA) is 60.4 Å². The highest BCUT2D eigenvalue weighted by atomic mass is 32.2. The Morgan fingerprint density at radius 3 is 2.69 bits per heavy atom. The SMILES string of the molecule is C[C@H]1C[C@@H]2[C@H]([C@@H](O)C[C@]3(C)C(=C=C[S+]([O-])c4ccccc4)CC[C@@H]23)[C@@]2(C)CCC(=O)C=C12. The molecule has 0 aromatic heterocycles. The number of rotatable bonds is 2. The number of ketones is 1. The van der Waals surface area contributed by atoms with Crippen molar-refractivity contribution in [2.75, 3.05) is 0 Å². The van der Waals surface area contributed by atoms with Crippen LogP contribution in [0.3, 0.4) is 0 Å². The highest BCUT2D eigenvalue weighted by Gasteiger charge is 2.61. The van der Waals surface area contributed by atoms with Gasteiger partial charge in [-0.25, -0.2) is 0 Å². The summed E-state index contributed by atoms with van der Waals surface area (Å²) in [6.45, 7) is 6.87. The van der Waals surface area contributed by atoms with Gasteiger partial charge in [0.15, 0.2) is 16.1 Å². The number of aliphatic hydroxyl groups is 1. The number of carbonyl (C=O) groups is 1. The third-order valence-corrected chi connectivity index (χ3v) is 10.4. The number of fused-ring (bicyclic) bond motifs is 5. The summed E-state index contributed by atoms with van der Waals surface area (Å²) in [7, 11) is 0. The molecule has 3 saturated carbocycles. The Morgan fingerprint density at radius 2 is 1.94 bits per heavy atom. The number of hydrogen-bond acceptors (Lipinski definition) is 3. The average molecular weight is 451 g/mol. The molecule has 0 saturated heterocycles. The number of hydrogen-bond donors (Lipinski definition) is 1. The molecule has 5 rings (SSSR count). The van der Waals surface area contributed by atoms with Gasteiger partial charge in [0.2, 0.25) is 0 Å². The van der Waals surface area contributed by atoms with Crippen LogP contribution < -0.4 is 0 Å². The Balaban J connectivity index is 1.48. The van der Waals surface area contributed by atoms with E-state index in [9.17, 15) is 14.5 Å². The molecule has 3 fully saturated rings. The molecule has 1 aromatic carbocycles. The zero-order valence-electron chi connectivity index (χ0n) is 19.3. The first-order chi connectivity index (χ1) is 15.2. The molecular weight excluding hydrogens is 416 g/mol. The fourth-order valence-electron chi connectivity index (χ4n) is 7.92. The van der Waals surface area contributed by atoms with E-state index in [0.717, 1.165) is 37.0 Å². The maximum Gasteiger partial charge on any atom is 0.165 e. The quantitative estimate of drug-likeness (QED) is 0.472. The number of carbonyl (C=O) groups excluding carboxylic acids is 1. The number of benzene rings is 1. The number of aliphatic hydroxyl groups excluding tert-OH is 1.